The largest absolute Gasteiger partial charge is 0.444 e. The van der Waals surface area contributed by atoms with Crippen LogP contribution in [0.2, 0.25) is 0 Å². The van der Waals surface area contributed by atoms with E-state index >= 15 is 0 Å². The lowest BCUT2D eigenvalue weighted by Crippen LogP contribution is -2.50. The molecule has 166 valence electrons. The van der Waals surface area contributed by atoms with Gasteiger partial charge in [0, 0.05) is 37.4 Å². The zero-order valence-corrected chi connectivity index (χ0v) is 18.7. The Morgan fingerprint density at radius 3 is 2.03 bits per heavy atom. The Morgan fingerprint density at radius 1 is 0.903 bits per heavy atom. The molecular weight excluding hydrogens is 418 g/mol. The molecule has 0 bridgehead atoms. The number of benzene rings is 2. The number of hydrogen-bond acceptors (Lipinski definition) is 6. The van der Waals surface area contributed by atoms with Crippen LogP contribution in [-0.4, -0.2) is 57.1 Å². The highest BCUT2D eigenvalue weighted by molar-refractivity contribution is 7.90. The fourth-order valence-corrected chi connectivity index (χ4v) is 4.13. The Bertz CT molecular complexity index is 1020. The van der Waals surface area contributed by atoms with Crippen LogP contribution in [0.3, 0.4) is 0 Å². The van der Waals surface area contributed by atoms with Gasteiger partial charge < -0.3 is 14.5 Å². The van der Waals surface area contributed by atoms with Gasteiger partial charge in [0.05, 0.1) is 4.90 Å². The Morgan fingerprint density at radius 2 is 1.48 bits per heavy atom. The molecule has 0 atom stereocenters. The molecule has 0 radical (unpaired) electrons. The summed E-state index contributed by atoms with van der Waals surface area (Å²) >= 11 is 0. The van der Waals surface area contributed by atoms with Gasteiger partial charge in [0.25, 0.3) is 15.9 Å². The standard InChI is InChI=1S/C22H27N3O5S/c1-22(2,3)30-21(27)25-15-13-24(14-16-25)18-11-9-17(10-12-18)20(26)23-31(28,29)19-7-5-4-6-8-19/h4-12H,13-16H2,1-3H3,(H,23,26). The zero-order valence-electron chi connectivity index (χ0n) is 17.9. The molecule has 0 aliphatic carbocycles. The van der Waals surface area contributed by atoms with Crippen molar-refractivity contribution in [3.63, 3.8) is 0 Å². The first-order valence-electron chi connectivity index (χ1n) is 10.0. The van der Waals surface area contributed by atoms with Crippen LogP contribution in [0.4, 0.5) is 10.5 Å². The molecule has 0 saturated carbocycles. The molecule has 0 unspecified atom stereocenters. The van der Waals surface area contributed by atoms with Crippen LogP contribution < -0.4 is 9.62 Å². The van der Waals surface area contributed by atoms with E-state index in [2.05, 4.69) is 9.62 Å². The van der Waals surface area contributed by atoms with Gasteiger partial charge in [-0.1, -0.05) is 18.2 Å². The maximum atomic E-state index is 12.4. The van der Waals surface area contributed by atoms with Crippen LogP contribution in [-0.2, 0) is 14.8 Å². The number of amides is 2. The van der Waals surface area contributed by atoms with Gasteiger partial charge in [-0.05, 0) is 57.2 Å². The summed E-state index contributed by atoms with van der Waals surface area (Å²) in [6.07, 6.45) is -0.321. The van der Waals surface area contributed by atoms with Gasteiger partial charge in [0.2, 0.25) is 0 Å². The minimum atomic E-state index is -3.92. The lowest BCUT2D eigenvalue weighted by molar-refractivity contribution is 0.0240. The van der Waals surface area contributed by atoms with E-state index in [1.165, 1.54) is 12.1 Å². The molecule has 1 saturated heterocycles. The first-order valence-corrected chi connectivity index (χ1v) is 11.5. The second-order valence-electron chi connectivity index (χ2n) is 8.25. The van der Waals surface area contributed by atoms with Gasteiger partial charge in [-0.2, -0.15) is 0 Å². The quantitative estimate of drug-likeness (QED) is 0.778. The fraction of sp³-hybridized carbons (Fsp3) is 0.364. The predicted molar refractivity (Wildman–Crippen MR) is 118 cm³/mol. The van der Waals surface area contributed by atoms with Crippen molar-refractivity contribution in [1.82, 2.24) is 9.62 Å². The van der Waals surface area contributed by atoms with Crippen molar-refractivity contribution in [3.05, 3.63) is 60.2 Å². The molecule has 3 rings (SSSR count). The van der Waals surface area contributed by atoms with E-state index < -0.39 is 21.5 Å². The summed E-state index contributed by atoms with van der Waals surface area (Å²) in [5.74, 6) is -0.690. The van der Waals surface area contributed by atoms with Gasteiger partial charge in [0.15, 0.2) is 0 Å². The molecule has 1 heterocycles. The maximum absolute atomic E-state index is 12.4. The molecule has 0 aromatic heterocycles. The van der Waals surface area contributed by atoms with Crippen LogP contribution in [0.5, 0.6) is 0 Å². The molecule has 1 aliphatic rings. The number of carbonyl (C=O) groups is 2. The van der Waals surface area contributed by atoms with E-state index in [1.54, 1.807) is 47.4 Å². The van der Waals surface area contributed by atoms with Gasteiger partial charge in [-0.15, -0.1) is 0 Å². The summed E-state index contributed by atoms with van der Waals surface area (Å²) in [5, 5.41) is 0. The lowest BCUT2D eigenvalue weighted by atomic mass is 10.1. The van der Waals surface area contributed by atoms with Crippen molar-refractivity contribution < 1.29 is 22.7 Å². The second-order valence-corrected chi connectivity index (χ2v) is 9.93. The van der Waals surface area contributed by atoms with Gasteiger partial charge in [0.1, 0.15) is 5.60 Å². The minimum Gasteiger partial charge on any atom is -0.444 e. The van der Waals surface area contributed by atoms with Crippen LogP contribution in [0, 0.1) is 0 Å². The molecule has 8 nitrogen and oxygen atoms in total. The van der Waals surface area contributed by atoms with Gasteiger partial charge >= 0.3 is 6.09 Å². The van der Waals surface area contributed by atoms with Crippen molar-refractivity contribution in [2.24, 2.45) is 0 Å². The normalized spacial score (nSPS) is 14.8. The third-order valence-electron chi connectivity index (χ3n) is 4.71. The average molecular weight is 446 g/mol. The number of nitrogens with zero attached hydrogens (tertiary/aromatic N) is 2. The number of piperazine rings is 1. The predicted octanol–water partition coefficient (Wildman–Crippen LogP) is 2.86. The van der Waals surface area contributed by atoms with E-state index in [4.69, 9.17) is 4.74 Å². The summed E-state index contributed by atoms with van der Waals surface area (Å²) in [6.45, 7) is 7.84. The van der Waals surface area contributed by atoms with Crippen LogP contribution in [0.25, 0.3) is 0 Å². The zero-order chi connectivity index (χ0) is 22.6. The Kier molecular flexibility index (Phi) is 6.54. The number of anilines is 1. The molecular formula is C22H27N3O5S. The summed E-state index contributed by atoms with van der Waals surface area (Å²) in [7, 11) is -3.92. The highest BCUT2D eigenvalue weighted by Gasteiger charge is 2.26. The first kappa shape index (κ1) is 22.6. The summed E-state index contributed by atoms with van der Waals surface area (Å²) in [6, 6.07) is 14.5. The van der Waals surface area contributed by atoms with Crippen LogP contribution in [0.15, 0.2) is 59.5 Å². The summed E-state index contributed by atoms with van der Waals surface area (Å²) < 4.78 is 32.1. The van der Waals surface area contributed by atoms with Gasteiger partial charge in [-0.3, -0.25) is 4.79 Å². The Hall–Kier alpha value is -3.07. The van der Waals surface area contributed by atoms with Crippen molar-refractivity contribution in [1.29, 1.82) is 0 Å². The monoisotopic (exact) mass is 445 g/mol. The van der Waals surface area contributed by atoms with Crippen molar-refractivity contribution >= 4 is 27.7 Å². The molecule has 1 fully saturated rings. The lowest BCUT2D eigenvalue weighted by Gasteiger charge is -2.36. The number of ether oxygens (including phenoxy) is 1. The third-order valence-corrected chi connectivity index (χ3v) is 6.05. The fourth-order valence-electron chi connectivity index (χ4n) is 3.14. The summed E-state index contributed by atoms with van der Waals surface area (Å²) in [4.78, 5) is 28.4. The highest BCUT2D eigenvalue weighted by atomic mass is 32.2. The smallest absolute Gasteiger partial charge is 0.410 e. The van der Waals surface area contributed by atoms with Crippen molar-refractivity contribution in [2.75, 3.05) is 31.1 Å². The highest BCUT2D eigenvalue weighted by Crippen LogP contribution is 2.19. The average Bonchev–Trinajstić information content (AvgIpc) is 2.73. The number of hydrogen-bond donors (Lipinski definition) is 1. The third kappa shape index (κ3) is 5.97. The molecule has 2 amide bonds. The molecule has 0 spiro atoms. The molecule has 1 N–H and O–H groups in total. The Balaban J connectivity index is 1.58. The topological polar surface area (TPSA) is 96.0 Å². The molecule has 2 aromatic rings. The van der Waals surface area contributed by atoms with Crippen LogP contribution in [0.1, 0.15) is 31.1 Å². The number of carbonyl (C=O) groups excluding carboxylic acids is 2. The Labute approximate surface area is 182 Å². The molecule has 2 aromatic carbocycles. The van der Waals surface area contributed by atoms with E-state index in [-0.39, 0.29) is 16.6 Å². The number of nitrogens with one attached hydrogen (secondary N) is 1. The summed E-state index contributed by atoms with van der Waals surface area (Å²) in [5.41, 5.74) is 0.612. The van der Waals surface area contributed by atoms with Crippen molar-refractivity contribution in [2.45, 2.75) is 31.3 Å². The van der Waals surface area contributed by atoms with E-state index in [0.29, 0.717) is 26.2 Å². The van der Waals surface area contributed by atoms with E-state index in [1.807, 2.05) is 20.8 Å². The molecule has 31 heavy (non-hydrogen) atoms. The van der Waals surface area contributed by atoms with E-state index in [9.17, 15) is 18.0 Å². The molecule has 1 aliphatic heterocycles. The SMILES string of the molecule is CC(C)(C)OC(=O)N1CCN(c2ccc(C(=O)NS(=O)(=O)c3ccccc3)cc2)CC1. The van der Waals surface area contributed by atoms with Crippen LogP contribution >= 0.6 is 0 Å². The van der Waals surface area contributed by atoms with Crippen molar-refractivity contribution in [3.8, 4) is 0 Å². The van der Waals surface area contributed by atoms with Gasteiger partial charge in [-0.25, -0.2) is 17.9 Å². The second kappa shape index (κ2) is 8.97. The molecule has 9 heteroatoms. The maximum Gasteiger partial charge on any atom is 0.410 e. The number of rotatable bonds is 4. The van der Waals surface area contributed by atoms with E-state index in [0.717, 1.165) is 5.69 Å². The first-order chi connectivity index (χ1) is 14.5. The minimum absolute atomic E-state index is 0.0304. The number of sulfonamides is 1.